The van der Waals surface area contributed by atoms with Gasteiger partial charge >= 0.3 is 0 Å². The number of thioether (sulfide) groups is 1. The number of amides is 2. The number of hydrogen-bond acceptors (Lipinski definition) is 3. The highest BCUT2D eigenvalue weighted by molar-refractivity contribution is 8.00. The third-order valence-electron chi connectivity index (χ3n) is 5.24. The number of benzene rings is 1. The van der Waals surface area contributed by atoms with Crippen molar-refractivity contribution in [1.82, 2.24) is 10.2 Å². The number of nitrogens with one attached hydrogen (secondary N) is 1. The van der Waals surface area contributed by atoms with Gasteiger partial charge in [0, 0.05) is 24.5 Å². The normalized spacial score (nSPS) is 15.0. The van der Waals surface area contributed by atoms with Crippen molar-refractivity contribution >= 4 is 23.6 Å². The molecule has 2 rings (SSSR count). The molecular weight excluding hydrogens is 356 g/mol. The van der Waals surface area contributed by atoms with Crippen molar-refractivity contribution in [3.8, 4) is 0 Å². The van der Waals surface area contributed by atoms with Crippen molar-refractivity contribution in [2.24, 2.45) is 5.92 Å². The van der Waals surface area contributed by atoms with Crippen LogP contribution in [0.3, 0.4) is 0 Å². The minimum atomic E-state index is -0.0464. The van der Waals surface area contributed by atoms with E-state index in [1.165, 1.54) is 31.0 Å². The highest BCUT2D eigenvalue weighted by atomic mass is 32.2. The van der Waals surface area contributed by atoms with Gasteiger partial charge < -0.3 is 10.2 Å². The molecule has 1 aromatic carbocycles. The lowest BCUT2D eigenvalue weighted by Crippen LogP contribution is -2.39. The van der Waals surface area contributed by atoms with Crippen LogP contribution in [0.1, 0.15) is 69.2 Å². The molecule has 0 bridgehead atoms. The molecular formula is C22H34N2O2S. The van der Waals surface area contributed by atoms with Crippen LogP contribution in [0.4, 0.5) is 0 Å². The predicted molar refractivity (Wildman–Crippen MR) is 113 cm³/mol. The monoisotopic (exact) mass is 390 g/mol. The highest BCUT2D eigenvalue weighted by Gasteiger charge is 2.22. The van der Waals surface area contributed by atoms with E-state index < -0.39 is 0 Å². The summed E-state index contributed by atoms with van der Waals surface area (Å²) in [6.07, 6.45) is 8.05. The lowest BCUT2D eigenvalue weighted by Gasteiger charge is -2.31. The van der Waals surface area contributed by atoms with Crippen LogP contribution in [0.5, 0.6) is 0 Å². The van der Waals surface area contributed by atoms with Crippen LogP contribution in [0.15, 0.2) is 29.2 Å². The Hall–Kier alpha value is -1.49. The molecule has 0 aliphatic heterocycles. The number of rotatable bonds is 9. The first-order chi connectivity index (χ1) is 13.0. The van der Waals surface area contributed by atoms with E-state index in [9.17, 15) is 9.59 Å². The van der Waals surface area contributed by atoms with E-state index in [1.807, 2.05) is 36.2 Å². The average Bonchev–Trinajstić information content (AvgIpc) is 2.69. The molecule has 150 valence electrons. The molecule has 0 saturated heterocycles. The maximum absolute atomic E-state index is 12.6. The molecule has 0 aromatic heterocycles. The van der Waals surface area contributed by atoms with Crippen LogP contribution in [-0.4, -0.2) is 42.1 Å². The van der Waals surface area contributed by atoms with Crippen molar-refractivity contribution < 1.29 is 9.59 Å². The van der Waals surface area contributed by atoms with Crippen molar-refractivity contribution in [1.29, 1.82) is 0 Å². The number of hydrogen-bond donors (Lipinski definition) is 1. The summed E-state index contributed by atoms with van der Waals surface area (Å²) in [5, 5.41) is 3.01. The SMILES string of the molecule is CC(C)CCCNC(=O)c1ccccc1SCC(=O)N(C)C1CCCCC1. The molecule has 27 heavy (non-hydrogen) atoms. The highest BCUT2D eigenvalue weighted by Crippen LogP contribution is 2.25. The van der Waals surface area contributed by atoms with Gasteiger partial charge in [-0.25, -0.2) is 0 Å². The lowest BCUT2D eigenvalue weighted by molar-refractivity contribution is -0.129. The summed E-state index contributed by atoms with van der Waals surface area (Å²) in [5.41, 5.74) is 0.667. The summed E-state index contributed by atoms with van der Waals surface area (Å²) < 4.78 is 0. The van der Waals surface area contributed by atoms with Gasteiger partial charge in [0.25, 0.3) is 5.91 Å². The first-order valence-electron chi connectivity index (χ1n) is 10.2. The second kappa shape index (κ2) is 11.4. The summed E-state index contributed by atoms with van der Waals surface area (Å²) in [7, 11) is 1.92. The van der Waals surface area contributed by atoms with E-state index >= 15 is 0 Å². The van der Waals surface area contributed by atoms with Crippen LogP contribution in [-0.2, 0) is 4.79 Å². The Bertz CT molecular complexity index is 612. The molecule has 1 fully saturated rings. The van der Waals surface area contributed by atoms with Gasteiger partial charge in [-0.1, -0.05) is 45.2 Å². The molecule has 0 radical (unpaired) electrons. The Kier molecular flexibility index (Phi) is 9.19. The fourth-order valence-electron chi connectivity index (χ4n) is 3.50. The van der Waals surface area contributed by atoms with E-state index in [0.29, 0.717) is 29.8 Å². The molecule has 1 N–H and O–H groups in total. The minimum Gasteiger partial charge on any atom is -0.352 e. The summed E-state index contributed by atoms with van der Waals surface area (Å²) in [6.45, 7) is 5.07. The van der Waals surface area contributed by atoms with Gasteiger partial charge in [-0.2, -0.15) is 0 Å². The molecule has 1 saturated carbocycles. The van der Waals surface area contributed by atoms with E-state index in [1.54, 1.807) is 0 Å². The Morgan fingerprint density at radius 3 is 2.59 bits per heavy atom. The van der Waals surface area contributed by atoms with E-state index in [2.05, 4.69) is 19.2 Å². The second-order valence-electron chi connectivity index (χ2n) is 7.87. The van der Waals surface area contributed by atoms with Crippen LogP contribution in [0.25, 0.3) is 0 Å². The first-order valence-corrected chi connectivity index (χ1v) is 11.2. The topological polar surface area (TPSA) is 49.4 Å². The molecule has 0 unspecified atom stereocenters. The summed E-state index contributed by atoms with van der Waals surface area (Å²) in [5.74, 6) is 1.14. The molecule has 0 atom stereocenters. The predicted octanol–water partition coefficient (Wildman–Crippen LogP) is 4.74. The smallest absolute Gasteiger partial charge is 0.252 e. The van der Waals surface area contributed by atoms with Crippen LogP contribution < -0.4 is 5.32 Å². The van der Waals surface area contributed by atoms with Crippen LogP contribution in [0.2, 0.25) is 0 Å². The third-order valence-corrected chi connectivity index (χ3v) is 6.30. The zero-order valence-corrected chi connectivity index (χ0v) is 17.8. The molecule has 2 amide bonds. The summed E-state index contributed by atoms with van der Waals surface area (Å²) in [4.78, 5) is 27.9. The van der Waals surface area contributed by atoms with Crippen molar-refractivity contribution in [3.05, 3.63) is 29.8 Å². The zero-order valence-electron chi connectivity index (χ0n) is 17.0. The minimum absolute atomic E-state index is 0.0464. The van der Waals surface area contributed by atoms with Crippen molar-refractivity contribution in [3.63, 3.8) is 0 Å². The second-order valence-corrected chi connectivity index (χ2v) is 8.89. The van der Waals surface area contributed by atoms with Gasteiger partial charge in [0.05, 0.1) is 11.3 Å². The van der Waals surface area contributed by atoms with Crippen molar-refractivity contribution in [2.45, 2.75) is 69.7 Å². The van der Waals surface area contributed by atoms with Gasteiger partial charge in [-0.05, 0) is 43.7 Å². The molecule has 1 aliphatic rings. The molecule has 5 heteroatoms. The van der Waals surface area contributed by atoms with E-state index in [0.717, 1.165) is 30.6 Å². The van der Waals surface area contributed by atoms with Gasteiger partial charge in [-0.3, -0.25) is 9.59 Å². The maximum Gasteiger partial charge on any atom is 0.252 e. The quantitative estimate of drug-likeness (QED) is 0.489. The van der Waals surface area contributed by atoms with E-state index in [4.69, 9.17) is 0 Å². The fourth-order valence-corrected chi connectivity index (χ4v) is 4.47. The number of nitrogens with zero attached hydrogens (tertiary/aromatic N) is 1. The number of carbonyl (C=O) groups is 2. The largest absolute Gasteiger partial charge is 0.352 e. The van der Waals surface area contributed by atoms with Gasteiger partial charge in [0.1, 0.15) is 0 Å². The molecule has 1 aromatic rings. The van der Waals surface area contributed by atoms with Crippen LogP contribution >= 0.6 is 11.8 Å². The standard InChI is InChI=1S/C22H34N2O2S/c1-17(2)10-9-15-23-22(26)19-13-7-8-14-20(19)27-16-21(25)24(3)18-11-5-4-6-12-18/h7-8,13-14,17-18H,4-6,9-12,15-16H2,1-3H3,(H,23,26). The molecule has 0 heterocycles. The summed E-state index contributed by atoms with van der Waals surface area (Å²) >= 11 is 1.47. The van der Waals surface area contributed by atoms with E-state index in [-0.39, 0.29) is 11.8 Å². The number of carbonyl (C=O) groups excluding carboxylic acids is 2. The Morgan fingerprint density at radius 1 is 1.19 bits per heavy atom. The van der Waals surface area contributed by atoms with Crippen LogP contribution in [0, 0.1) is 5.92 Å². The molecule has 0 spiro atoms. The fraction of sp³-hybridized carbons (Fsp3) is 0.636. The maximum atomic E-state index is 12.6. The summed E-state index contributed by atoms with van der Waals surface area (Å²) in [6, 6.07) is 7.96. The first kappa shape index (κ1) is 21.8. The van der Waals surface area contributed by atoms with Gasteiger partial charge in [0.15, 0.2) is 0 Å². The lowest BCUT2D eigenvalue weighted by atomic mass is 9.94. The Balaban J connectivity index is 1.87. The van der Waals surface area contributed by atoms with Crippen molar-refractivity contribution in [2.75, 3.05) is 19.3 Å². The van der Waals surface area contributed by atoms with Gasteiger partial charge in [0.2, 0.25) is 5.91 Å². The Morgan fingerprint density at radius 2 is 1.89 bits per heavy atom. The van der Waals surface area contributed by atoms with Gasteiger partial charge in [-0.15, -0.1) is 11.8 Å². The average molecular weight is 391 g/mol. The third kappa shape index (κ3) is 7.21. The molecule has 1 aliphatic carbocycles. The Labute approximate surface area is 168 Å². The molecule has 4 nitrogen and oxygen atoms in total. The zero-order chi connectivity index (χ0) is 19.6.